The molecule has 5 atom stereocenters. The fourth-order valence-corrected chi connectivity index (χ4v) is 2.70. The van der Waals surface area contributed by atoms with Crippen molar-refractivity contribution in [3.63, 3.8) is 0 Å². The predicted molar refractivity (Wildman–Crippen MR) is 40.8 cm³/mol. The highest BCUT2D eigenvalue weighted by Crippen LogP contribution is 2.47. The summed E-state index contributed by atoms with van der Waals surface area (Å²) in [5.74, 6) is 1.06. The van der Waals surface area contributed by atoms with Crippen LogP contribution >= 0.6 is 0 Å². The highest BCUT2D eigenvalue weighted by atomic mass is 16.3. The molecule has 3 nitrogen and oxygen atoms in total. The van der Waals surface area contributed by atoms with Crippen LogP contribution in [0, 0.1) is 17.8 Å². The van der Waals surface area contributed by atoms with Crippen LogP contribution in [-0.4, -0.2) is 29.0 Å². The van der Waals surface area contributed by atoms with E-state index in [9.17, 15) is 10.2 Å². The van der Waals surface area contributed by atoms with Gasteiger partial charge in [-0.25, -0.2) is 0 Å². The summed E-state index contributed by atoms with van der Waals surface area (Å²) in [7, 11) is 0. The normalized spacial score (nSPS) is 55.4. The molecule has 64 valence electrons. The zero-order chi connectivity index (χ0) is 8.01. The Balaban J connectivity index is 2.10. The molecule has 2 aliphatic rings. The minimum absolute atomic E-state index is 0.278. The monoisotopic (exact) mass is 157 g/mol. The number of aliphatic hydroxyl groups is 2. The average Bonchev–Trinajstić information content (AvgIpc) is 2.53. The third kappa shape index (κ3) is 0.916. The molecule has 0 saturated heterocycles. The quantitative estimate of drug-likeness (QED) is 0.472. The van der Waals surface area contributed by atoms with Crippen LogP contribution in [0.1, 0.15) is 12.8 Å². The van der Waals surface area contributed by atoms with Crippen molar-refractivity contribution in [2.45, 2.75) is 25.0 Å². The molecule has 2 aliphatic carbocycles. The lowest BCUT2D eigenvalue weighted by Gasteiger charge is -2.28. The number of hydrogen-bond donors (Lipinski definition) is 3. The van der Waals surface area contributed by atoms with Gasteiger partial charge in [0.15, 0.2) is 0 Å². The van der Waals surface area contributed by atoms with Gasteiger partial charge in [-0.05, 0) is 37.1 Å². The molecule has 2 rings (SSSR count). The van der Waals surface area contributed by atoms with E-state index in [4.69, 9.17) is 5.73 Å². The molecule has 0 spiro atoms. The summed E-state index contributed by atoms with van der Waals surface area (Å²) < 4.78 is 0. The number of fused-ring (bicyclic) bond motifs is 2. The summed E-state index contributed by atoms with van der Waals surface area (Å²) in [5.41, 5.74) is 5.54. The van der Waals surface area contributed by atoms with E-state index in [-0.39, 0.29) is 5.92 Å². The van der Waals surface area contributed by atoms with Gasteiger partial charge in [-0.2, -0.15) is 0 Å². The molecule has 2 fully saturated rings. The summed E-state index contributed by atoms with van der Waals surface area (Å²) >= 11 is 0. The molecule has 2 bridgehead atoms. The second-order valence-electron chi connectivity index (χ2n) is 3.87. The zero-order valence-corrected chi connectivity index (χ0v) is 6.48. The summed E-state index contributed by atoms with van der Waals surface area (Å²) in [6, 6.07) is 0. The maximum atomic E-state index is 9.48. The Morgan fingerprint density at radius 1 is 1.18 bits per heavy atom. The first-order chi connectivity index (χ1) is 5.24. The Labute approximate surface area is 66.2 Å². The van der Waals surface area contributed by atoms with E-state index in [1.165, 1.54) is 0 Å². The highest BCUT2D eigenvalue weighted by Gasteiger charge is 2.50. The third-order valence-corrected chi connectivity index (χ3v) is 3.36. The Kier molecular flexibility index (Phi) is 1.67. The smallest absolute Gasteiger partial charge is 0.0833 e. The van der Waals surface area contributed by atoms with E-state index in [0.29, 0.717) is 18.4 Å². The van der Waals surface area contributed by atoms with Crippen LogP contribution in [0.15, 0.2) is 0 Å². The van der Waals surface area contributed by atoms with E-state index in [1.54, 1.807) is 0 Å². The van der Waals surface area contributed by atoms with Crippen LogP contribution in [0.25, 0.3) is 0 Å². The first-order valence-corrected chi connectivity index (χ1v) is 4.30. The third-order valence-electron chi connectivity index (χ3n) is 3.36. The number of hydrogen-bond acceptors (Lipinski definition) is 3. The van der Waals surface area contributed by atoms with Crippen molar-refractivity contribution >= 4 is 0 Å². The summed E-state index contributed by atoms with van der Waals surface area (Å²) in [6.45, 7) is 0.658. The molecule has 0 unspecified atom stereocenters. The summed E-state index contributed by atoms with van der Waals surface area (Å²) in [6.07, 6.45) is 1.02. The van der Waals surface area contributed by atoms with E-state index < -0.39 is 12.2 Å². The molecule has 3 heteroatoms. The van der Waals surface area contributed by atoms with Crippen molar-refractivity contribution in [1.29, 1.82) is 0 Å². The van der Waals surface area contributed by atoms with Gasteiger partial charge < -0.3 is 15.9 Å². The van der Waals surface area contributed by atoms with Crippen LogP contribution in [0.5, 0.6) is 0 Å². The molecule has 0 heterocycles. The first kappa shape index (κ1) is 7.53. The lowest BCUT2D eigenvalue weighted by Crippen LogP contribution is -2.38. The minimum atomic E-state index is -0.498. The van der Waals surface area contributed by atoms with Gasteiger partial charge in [-0.3, -0.25) is 0 Å². The maximum Gasteiger partial charge on any atom is 0.0833 e. The van der Waals surface area contributed by atoms with Gasteiger partial charge in [0, 0.05) is 0 Å². The van der Waals surface area contributed by atoms with Gasteiger partial charge in [-0.1, -0.05) is 0 Å². The standard InChI is InChI=1S/C8H15NO2/c9-3-5-1-4-2-6(5)8(11)7(4)10/h4-8,10-11H,1-3,9H2/t4-,5-,6-,7+,8-/m1/s1. The Hall–Kier alpha value is -0.120. The Morgan fingerprint density at radius 3 is 2.36 bits per heavy atom. The van der Waals surface area contributed by atoms with Crippen molar-refractivity contribution in [3.8, 4) is 0 Å². The van der Waals surface area contributed by atoms with Gasteiger partial charge in [0.25, 0.3) is 0 Å². The van der Waals surface area contributed by atoms with Gasteiger partial charge in [0.2, 0.25) is 0 Å². The molecule has 0 aromatic heterocycles. The van der Waals surface area contributed by atoms with E-state index in [1.807, 2.05) is 0 Å². The zero-order valence-electron chi connectivity index (χ0n) is 6.48. The highest BCUT2D eigenvalue weighted by molar-refractivity contribution is 5.01. The van der Waals surface area contributed by atoms with Crippen molar-refractivity contribution in [3.05, 3.63) is 0 Å². The first-order valence-electron chi connectivity index (χ1n) is 4.30. The fourth-order valence-electron chi connectivity index (χ4n) is 2.70. The van der Waals surface area contributed by atoms with Crippen LogP contribution in [0.3, 0.4) is 0 Å². The SMILES string of the molecule is NC[C@H]1C[C@@H]2C[C@H]1[C@@H](O)[C@H]2O. The molecule has 11 heavy (non-hydrogen) atoms. The van der Waals surface area contributed by atoms with Gasteiger partial charge >= 0.3 is 0 Å². The average molecular weight is 157 g/mol. The van der Waals surface area contributed by atoms with Crippen LogP contribution in [0.2, 0.25) is 0 Å². The van der Waals surface area contributed by atoms with Crippen LogP contribution in [0.4, 0.5) is 0 Å². The van der Waals surface area contributed by atoms with Crippen molar-refractivity contribution in [2.24, 2.45) is 23.5 Å². The molecular weight excluding hydrogens is 142 g/mol. The van der Waals surface area contributed by atoms with Crippen LogP contribution in [-0.2, 0) is 0 Å². The summed E-state index contributed by atoms with van der Waals surface area (Å²) in [4.78, 5) is 0. The predicted octanol–water partition coefficient (Wildman–Crippen LogP) is -0.677. The minimum Gasteiger partial charge on any atom is -0.390 e. The molecule has 0 aromatic carbocycles. The molecule has 0 amide bonds. The van der Waals surface area contributed by atoms with E-state index >= 15 is 0 Å². The van der Waals surface area contributed by atoms with Gasteiger partial charge in [0.1, 0.15) is 0 Å². The maximum absolute atomic E-state index is 9.48. The Bertz CT molecular complexity index is 156. The van der Waals surface area contributed by atoms with Gasteiger partial charge in [0.05, 0.1) is 12.2 Å². The lowest BCUT2D eigenvalue weighted by molar-refractivity contribution is -0.0322. The molecule has 0 aromatic rings. The van der Waals surface area contributed by atoms with Crippen molar-refractivity contribution in [2.75, 3.05) is 6.54 Å². The number of nitrogens with two attached hydrogens (primary N) is 1. The van der Waals surface area contributed by atoms with Crippen molar-refractivity contribution < 1.29 is 10.2 Å². The lowest BCUT2D eigenvalue weighted by atomic mass is 9.85. The topological polar surface area (TPSA) is 66.5 Å². The fraction of sp³-hybridized carbons (Fsp3) is 1.00. The Morgan fingerprint density at radius 2 is 1.91 bits per heavy atom. The molecule has 2 saturated carbocycles. The van der Waals surface area contributed by atoms with Crippen LogP contribution < -0.4 is 5.73 Å². The summed E-state index contributed by atoms with van der Waals surface area (Å²) in [5, 5.41) is 18.9. The second-order valence-corrected chi connectivity index (χ2v) is 3.87. The largest absolute Gasteiger partial charge is 0.390 e. The molecule has 0 radical (unpaired) electrons. The number of rotatable bonds is 1. The van der Waals surface area contributed by atoms with Crippen molar-refractivity contribution in [1.82, 2.24) is 0 Å². The second kappa shape index (κ2) is 2.44. The number of aliphatic hydroxyl groups excluding tert-OH is 2. The van der Waals surface area contributed by atoms with E-state index in [0.717, 1.165) is 12.8 Å². The van der Waals surface area contributed by atoms with Gasteiger partial charge in [-0.15, -0.1) is 0 Å². The molecular formula is C8H15NO2. The molecule has 4 N–H and O–H groups in total. The molecule has 0 aliphatic heterocycles. The van der Waals surface area contributed by atoms with E-state index in [2.05, 4.69) is 0 Å².